The molecule has 86 valence electrons. The summed E-state index contributed by atoms with van der Waals surface area (Å²) in [6.07, 6.45) is 2.99. The van der Waals surface area contributed by atoms with E-state index < -0.39 is 12.0 Å². The fourth-order valence-electron chi connectivity index (χ4n) is 1.02. The van der Waals surface area contributed by atoms with E-state index in [-0.39, 0.29) is 11.7 Å². The van der Waals surface area contributed by atoms with Crippen LogP contribution in [0.1, 0.15) is 6.92 Å². The van der Waals surface area contributed by atoms with E-state index in [0.717, 1.165) is 0 Å². The molecular weight excluding hydrogens is 228 g/mol. The lowest BCUT2D eigenvalue weighted by Gasteiger charge is -2.13. The lowest BCUT2D eigenvalue weighted by Crippen LogP contribution is -2.43. The standard InChI is InChI=1S/C10H12N2O3S/c1-7(13)12-9(6-16)10(14)15-8-3-2-4-11-5-8/h2-5,9,16H,6H2,1H3,(H,12,13)/t9-/m0/s1. The molecule has 6 heteroatoms. The Morgan fingerprint density at radius 1 is 1.62 bits per heavy atom. The summed E-state index contributed by atoms with van der Waals surface area (Å²) < 4.78 is 5.00. The quantitative estimate of drug-likeness (QED) is 0.591. The van der Waals surface area contributed by atoms with Gasteiger partial charge in [0.2, 0.25) is 5.91 Å². The molecule has 0 radical (unpaired) electrons. The van der Waals surface area contributed by atoms with Gasteiger partial charge in [-0.3, -0.25) is 9.78 Å². The lowest BCUT2D eigenvalue weighted by molar-refractivity contribution is -0.138. The Morgan fingerprint density at radius 3 is 2.88 bits per heavy atom. The molecule has 0 aliphatic rings. The number of hydrogen-bond donors (Lipinski definition) is 2. The molecule has 0 spiro atoms. The Balaban J connectivity index is 2.59. The van der Waals surface area contributed by atoms with Gasteiger partial charge in [-0.15, -0.1) is 0 Å². The first-order valence-electron chi connectivity index (χ1n) is 4.63. The monoisotopic (exact) mass is 240 g/mol. The molecule has 0 aromatic carbocycles. The Labute approximate surface area is 98.6 Å². The van der Waals surface area contributed by atoms with Gasteiger partial charge in [0, 0.05) is 18.9 Å². The molecule has 5 nitrogen and oxygen atoms in total. The maximum Gasteiger partial charge on any atom is 0.334 e. The van der Waals surface area contributed by atoms with Crippen LogP contribution in [0.5, 0.6) is 5.75 Å². The third-order valence-electron chi connectivity index (χ3n) is 1.70. The van der Waals surface area contributed by atoms with E-state index >= 15 is 0 Å². The van der Waals surface area contributed by atoms with Crippen molar-refractivity contribution >= 4 is 24.5 Å². The normalized spacial score (nSPS) is 11.6. The number of carbonyl (C=O) groups excluding carboxylic acids is 2. The van der Waals surface area contributed by atoms with Crippen molar-refractivity contribution in [2.75, 3.05) is 5.75 Å². The summed E-state index contributed by atoms with van der Waals surface area (Å²) in [5, 5.41) is 2.44. The predicted octanol–water partition coefficient (Wildman–Crippen LogP) is 0.422. The second-order valence-electron chi connectivity index (χ2n) is 3.05. The van der Waals surface area contributed by atoms with Crippen LogP contribution in [-0.4, -0.2) is 28.7 Å². The topological polar surface area (TPSA) is 68.3 Å². The maximum atomic E-state index is 11.6. The number of rotatable bonds is 4. The molecule has 0 saturated carbocycles. The highest BCUT2D eigenvalue weighted by atomic mass is 32.1. The first-order chi connectivity index (χ1) is 7.63. The van der Waals surface area contributed by atoms with Gasteiger partial charge in [0.15, 0.2) is 0 Å². The molecule has 1 N–H and O–H groups in total. The van der Waals surface area contributed by atoms with Crippen molar-refractivity contribution in [3.05, 3.63) is 24.5 Å². The van der Waals surface area contributed by atoms with Gasteiger partial charge in [-0.2, -0.15) is 12.6 Å². The SMILES string of the molecule is CC(=O)N[C@@H](CS)C(=O)Oc1cccnc1. The molecule has 0 fully saturated rings. The van der Waals surface area contributed by atoms with E-state index in [1.807, 2.05) is 0 Å². The molecule has 0 unspecified atom stereocenters. The van der Waals surface area contributed by atoms with E-state index in [1.54, 1.807) is 18.3 Å². The molecule has 0 aliphatic heterocycles. The Kier molecular flexibility index (Phi) is 4.78. The number of nitrogens with zero attached hydrogens (tertiary/aromatic N) is 1. The zero-order chi connectivity index (χ0) is 12.0. The van der Waals surface area contributed by atoms with Crippen LogP contribution in [0.3, 0.4) is 0 Å². The van der Waals surface area contributed by atoms with Gasteiger partial charge < -0.3 is 10.1 Å². The van der Waals surface area contributed by atoms with Gasteiger partial charge in [-0.05, 0) is 12.1 Å². The number of amides is 1. The number of esters is 1. The highest BCUT2D eigenvalue weighted by Gasteiger charge is 2.19. The molecule has 1 heterocycles. The van der Waals surface area contributed by atoms with Gasteiger partial charge in [-0.25, -0.2) is 4.79 Å². The average molecular weight is 240 g/mol. The van der Waals surface area contributed by atoms with Crippen LogP contribution in [-0.2, 0) is 9.59 Å². The Bertz CT molecular complexity index is 370. The lowest BCUT2D eigenvalue weighted by atomic mass is 10.3. The Morgan fingerprint density at radius 2 is 2.38 bits per heavy atom. The summed E-state index contributed by atoms with van der Waals surface area (Å²) in [5.74, 6) is -0.344. The van der Waals surface area contributed by atoms with E-state index in [0.29, 0.717) is 5.75 Å². The van der Waals surface area contributed by atoms with Crippen LogP contribution in [0.15, 0.2) is 24.5 Å². The zero-order valence-electron chi connectivity index (χ0n) is 8.71. The molecule has 16 heavy (non-hydrogen) atoms. The summed E-state index contributed by atoms with van der Waals surface area (Å²) in [6.45, 7) is 1.33. The van der Waals surface area contributed by atoms with Gasteiger partial charge in [0.1, 0.15) is 11.8 Å². The first kappa shape index (κ1) is 12.5. The summed E-state index contributed by atoms with van der Waals surface area (Å²) >= 11 is 3.96. The summed E-state index contributed by atoms with van der Waals surface area (Å²) in [4.78, 5) is 26.2. The number of aromatic nitrogens is 1. The van der Waals surface area contributed by atoms with Crippen molar-refractivity contribution in [1.29, 1.82) is 0 Å². The van der Waals surface area contributed by atoms with Gasteiger partial charge in [0.25, 0.3) is 0 Å². The van der Waals surface area contributed by atoms with Crippen LogP contribution < -0.4 is 10.1 Å². The predicted molar refractivity (Wildman–Crippen MR) is 61.3 cm³/mol. The molecule has 1 atom stereocenters. The molecule has 1 aromatic heterocycles. The molecule has 0 bridgehead atoms. The van der Waals surface area contributed by atoms with Gasteiger partial charge in [0.05, 0.1) is 6.20 Å². The average Bonchev–Trinajstić information content (AvgIpc) is 2.26. The van der Waals surface area contributed by atoms with Crippen molar-refractivity contribution in [3.63, 3.8) is 0 Å². The largest absolute Gasteiger partial charge is 0.423 e. The summed E-state index contributed by atoms with van der Waals surface area (Å²) in [6, 6.07) is 2.51. The maximum absolute atomic E-state index is 11.6. The summed E-state index contributed by atoms with van der Waals surface area (Å²) in [5.41, 5.74) is 0. The second kappa shape index (κ2) is 6.12. The third kappa shape index (κ3) is 3.90. The van der Waals surface area contributed by atoms with Crippen molar-refractivity contribution in [2.45, 2.75) is 13.0 Å². The van der Waals surface area contributed by atoms with Crippen LogP contribution in [0, 0.1) is 0 Å². The Hall–Kier alpha value is -1.56. The van der Waals surface area contributed by atoms with Crippen molar-refractivity contribution < 1.29 is 14.3 Å². The minimum atomic E-state index is -0.749. The number of thiol groups is 1. The molecular formula is C10H12N2O3S. The number of pyridine rings is 1. The van der Waals surface area contributed by atoms with Gasteiger partial charge >= 0.3 is 5.97 Å². The zero-order valence-corrected chi connectivity index (χ0v) is 9.61. The van der Waals surface area contributed by atoms with E-state index in [4.69, 9.17) is 4.74 Å². The number of carbonyl (C=O) groups is 2. The van der Waals surface area contributed by atoms with Crippen LogP contribution in [0.25, 0.3) is 0 Å². The summed E-state index contributed by atoms with van der Waals surface area (Å²) in [7, 11) is 0. The minimum Gasteiger partial charge on any atom is -0.423 e. The van der Waals surface area contributed by atoms with Crippen LogP contribution in [0.2, 0.25) is 0 Å². The fourth-order valence-corrected chi connectivity index (χ4v) is 1.26. The molecule has 0 saturated heterocycles. The molecule has 1 rings (SSSR count). The van der Waals surface area contributed by atoms with Crippen LogP contribution in [0.4, 0.5) is 0 Å². The van der Waals surface area contributed by atoms with Crippen molar-refractivity contribution in [1.82, 2.24) is 10.3 Å². The highest BCUT2D eigenvalue weighted by Crippen LogP contribution is 2.07. The minimum absolute atomic E-state index is 0.179. The molecule has 0 aliphatic carbocycles. The van der Waals surface area contributed by atoms with E-state index in [1.165, 1.54) is 13.1 Å². The number of hydrogen-bond acceptors (Lipinski definition) is 5. The second-order valence-corrected chi connectivity index (χ2v) is 3.41. The van der Waals surface area contributed by atoms with E-state index in [9.17, 15) is 9.59 Å². The van der Waals surface area contributed by atoms with Crippen molar-refractivity contribution in [2.24, 2.45) is 0 Å². The molecule has 1 aromatic rings. The highest BCUT2D eigenvalue weighted by molar-refractivity contribution is 7.80. The smallest absolute Gasteiger partial charge is 0.334 e. The molecule has 1 amide bonds. The van der Waals surface area contributed by atoms with Crippen LogP contribution >= 0.6 is 12.6 Å². The van der Waals surface area contributed by atoms with Crippen molar-refractivity contribution in [3.8, 4) is 5.75 Å². The first-order valence-corrected chi connectivity index (χ1v) is 5.26. The fraction of sp³-hybridized carbons (Fsp3) is 0.300. The van der Waals surface area contributed by atoms with E-state index in [2.05, 4.69) is 22.9 Å². The van der Waals surface area contributed by atoms with Gasteiger partial charge in [-0.1, -0.05) is 0 Å². The number of ether oxygens (including phenoxy) is 1. The third-order valence-corrected chi connectivity index (χ3v) is 2.06. The number of nitrogens with one attached hydrogen (secondary N) is 1.